The SMILES string of the molecule is Cl.Cl.c1ccc(CCCCNCc2cccc(CNCCCCc3ccccc3)c2)cc1. The summed E-state index contributed by atoms with van der Waals surface area (Å²) < 4.78 is 0. The minimum absolute atomic E-state index is 0. The lowest BCUT2D eigenvalue weighted by atomic mass is 10.1. The quantitative estimate of drug-likeness (QED) is 0.253. The zero-order chi connectivity index (χ0) is 20.7. The number of halogens is 2. The second-order valence-electron chi connectivity index (χ2n) is 8.06. The van der Waals surface area contributed by atoms with Gasteiger partial charge in [-0.1, -0.05) is 84.9 Å². The molecule has 174 valence electrons. The average Bonchev–Trinajstić information content (AvgIpc) is 2.80. The van der Waals surface area contributed by atoms with Crippen molar-refractivity contribution in [1.29, 1.82) is 0 Å². The van der Waals surface area contributed by atoms with Crippen LogP contribution in [0.15, 0.2) is 84.9 Å². The summed E-state index contributed by atoms with van der Waals surface area (Å²) in [4.78, 5) is 0. The van der Waals surface area contributed by atoms with Crippen LogP contribution in [-0.2, 0) is 25.9 Å². The molecule has 32 heavy (non-hydrogen) atoms. The highest BCUT2D eigenvalue weighted by atomic mass is 35.5. The van der Waals surface area contributed by atoms with Gasteiger partial charge in [-0.3, -0.25) is 0 Å². The van der Waals surface area contributed by atoms with E-state index in [1.807, 2.05) is 0 Å². The molecule has 0 aliphatic carbocycles. The van der Waals surface area contributed by atoms with Crippen molar-refractivity contribution in [2.24, 2.45) is 0 Å². The van der Waals surface area contributed by atoms with Crippen LogP contribution in [-0.4, -0.2) is 13.1 Å². The van der Waals surface area contributed by atoms with Gasteiger partial charge in [-0.15, -0.1) is 24.8 Å². The summed E-state index contributed by atoms with van der Waals surface area (Å²) in [7, 11) is 0. The molecule has 0 radical (unpaired) electrons. The zero-order valence-electron chi connectivity index (χ0n) is 19.0. The Kier molecular flexibility index (Phi) is 15.6. The second kappa shape index (κ2) is 17.7. The lowest BCUT2D eigenvalue weighted by Gasteiger charge is -2.09. The highest BCUT2D eigenvalue weighted by Gasteiger charge is 1.98. The van der Waals surface area contributed by atoms with Crippen LogP contribution in [0.25, 0.3) is 0 Å². The first-order valence-corrected chi connectivity index (χ1v) is 11.5. The van der Waals surface area contributed by atoms with Crippen molar-refractivity contribution in [3.63, 3.8) is 0 Å². The molecule has 2 N–H and O–H groups in total. The summed E-state index contributed by atoms with van der Waals surface area (Å²) >= 11 is 0. The van der Waals surface area contributed by atoms with Gasteiger partial charge in [-0.25, -0.2) is 0 Å². The van der Waals surface area contributed by atoms with E-state index in [2.05, 4.69) is 95.6 Å². The summed E-state index contributed by atoms with van der Waals surface area (Å²) in [6.07, 6.45) is 7.28. The van der Waals surface area contributed by atoms with Crippen LogP contribution in [0.4, 0.5) is 0 Å². The first-order chi connectivity index (χ1) is 14.9. The highest BCUT2D eigenvalue weighted by Crippen LogP contribution is 2.07. The van der Waals surface area contributed by atoms with Gasteiger partial charge in [0.1, 0.15) is 0 Å². The van der Waals surface area contributed by atoms with Crippen LogP contribution in [0.1, 0.15) is 47.9 Å². The predicted molar refractivity (Wildman–Crippen MR) is 143 cm³/mol. The second-order valence-corrected chi connectivity index (χ2v) is 8.06. The Balaban J connectivity index is 0.00000256. The number of unbranched alkanes of at least 4 members (excludes halogenated alkanes) is 2. The molecular formula is C28H38Cl2N2. The number of rotatable bonds is 14. The van der Waals surface area contributed by atoms with Crippen LogP contribution >= 0.6 is 24.8 Å². The lowest BCUT2D eigenvalue weighted by molar-refractivity contribution is 0.616. The maximum atomic E-state index is 3.59. The van der Waals surface area contributed by atoms with Gasteiger partial charge in [0.05, 0.1) is 0 Å². The Morgan fingerprint density at radius 2 is 0.844 bits per heavy atom. The maximum absolute atomic E-state index is 3.59. The van der Waals surface area contributed by atoms with Crippen LogP contribution in [0.3, 0.4) is 0 Å². The van der Waals surface area contributed by atoms with Crippen LogP contribution in [0, 0.1) is 0 Å². The van der Waals surface area contributed by atoms with Crippen LogP contribution < -0.4 is 10.6 Å². The number of benzene rings is 3. The fourth-order valence-electron chi connectivity index (χ4n) is 3.76. The summed E-state index contributed by atoms with van der Waals surface area (Å²) in [6.45, 7) is 4.07. The van der Waals surface area contributed by atoms with E-state index >= 15 is 0 Å². The largest absolute Gasteiger partial charge is 0.313 e. The highest BCUT2D eigenvalue weighted by molar-refractivity contribution is 5.85. The third-order valence-corrected chi connectivity index (χ3v) is 5.47. The van der Waals surface area contributed by atoms with Crippen molar-refractivity contribution in [2.45, 2.75) is 51.6 Å². The topological polar surface area (TPSA) is 24.1 Å². The van der Waals surface area contributed by atoms with E-state index in [1.165, 1.54) is 60.8 Å². The van der Waals surface area contributed by atoms with Crippen molar-refractivity contribution >= 4 is 24.8 Å². The molecule has 0 spiro atoms. The standard InChI is InChI=1S/C28H36N2.2ClH/c1-3-12-25(13-4-1)16-7-9-20-29-23-27-18-11-19-28(22-27)24-30-21-10-8-17-26-14-5-2-6-15-26;;/h1-6,11-15,18-19,22,29-30H,7-10,16-17,20-21,23-24H2;2*1H. The molecular weight excluding hydrogens is 435 g/mol. The molecule has 0 bridgehead atoms. The fourth-order valence-corrected chi connectivity index (χ4v) is 3.76. The Hall–Kier alpha value is -1.84. The van der Waals surface area contributed by atoms with E-state index in [9.17, 15) is 0 Å². The van der Waals surface area contributed by atoms with Gasteiger partial charge in [-0.05, 0) is 73.9 Å². The summed E-state index contributed by atoms with van der Waals surface area (Å²) in [5, 5.41) is 7.19. The van der Waals surface area contributed by atoms with Crippen molar-refractivity contribution in [3.8, 4) is 0 Å². The predicted octanol–water partition coefficient (Wildman–Crippen LogP) is 6.76. The monoisotopic (exact) mass is 472 g/mol. The first-order valence-electron chi connectivity index (χ1n) is 11.5. The molecule has 0 amide bonds. The minimum Gasteiger partial charge on any atom is -0.313 e. The number of hydrogen-bond donors (Lipinski definition) is 2. The van der Waals surface area contributed by atoms with E-state index in [0.717, 1.165) is 26.2 Å². The normalized spacial score (nSPS) is 10.2. The minimum atomic E-state index is 0. The van der Waals surface area contributed by atoms with Gasteiger partial charge in [0, 0.05) is 13.1 Å². The van der Waals surface area contributed by atoms with E-state index in [0.29, 0.717) is 0 Å². The van der Waals surface area contributed by atoms with Gasteiger partial charge in [0.15, 0.2) is 0 Å². The number of nitrogens with one attached hydrogen (secondary N) is 2. The molecule has 4 heteroatoms. The molecule has 0 saturated heterocycles. The van der Waals surface area contributed by atoms with Gasteiger partial charge in [-0.2, -0.15) is 0 Å². The van der Waals surface area contributed by atoms with Gasteiger partial charge in [0.25, 0.3) is 0 Å². The van der Waals surface area contributed by atoms with Crippen molar-refractivity contribution in [2.75, 3.05) is 13.1 Å². The first kappa shape index (κ1) is 28.2. The Morgan fingerprint density at radius 3 is 1.28 bits per heavy atom. The molecule has 0 heterocycles. The molecule has 2 nitrogen and oxygen atoms in total. The van der Waals surface area contributed by atoms with Crippen molar-refractivity contribution < 1.29 is 0 Å². The number of hydrogen-bond acceptors (Lipinski definition) is 2. The van der Waals surface area contributed by atoms with Crippen LogP contribution in [0.2, 0.25) is 0 Å². The number of aryl methyl sites for hydroxylation is 2. The molecule has 0 aromatic heterocycles. The molecule has 3 aromatic rings. The average molecular weight is 474 g/mol. The van der Waals surface area contributed by atoms with Gasteiger partial charge < -0.3 is 10.6 Å². The Morgan fingerprint density at radius 1 is 0.438 bits per heavy atom. The third-order valence-electron chi connectivity index (χ3n) is 5.47. The summed E-state index contributed by atoms with van der Waals surface area (Å²) in [5.41, 5.74) is 5.64. The van der Waals surface area contributed by atoms with Crippen molar-refractivity contribution in [1.82, 2.24) is 10.6 Å². The summed E-state index contributed by atoms with van der Waals surface area (Å²) in [5.74, 6) is 0. The van der Waals surface area contributed by atoms with E-state index < -0.39 is 0 Å². The van der Waals surface area contributed by atoms with Crippen molar-refractivity contribution in [3.05, 3.63) is 107 Å². The molecule has 3 rings (SSSR count). The maximum Gasteiger partial charge on any atom is 0.0205 e. The fraction of sp³-hybridized carbons (Fsp3) is 0.357. The Bertz CT molecular complexity index is 758. The summed E-state index contributed by atoms with van der Waals surface area (Å²) in [6, 6.07) is 30.5. The molecule has 0 atom stereocenters. The smallest absolute Gasteiger partial charge is 0.0205 e. The van der Waals surface area contributed by atoms with E-state index in [-0.39, 0.29) is 24.8 Å². The third kappa shape index (κ3) is 11.7. The van der Waals surface area contributed by atoms with E-state index in [4.69, 9.17) is 0 Å². The van der Waals surface area contributed by atoms with E-state index in [1.54, 1.807) is 0 Å². The molecule has 3 aromatic carbocycles. The molecule has 0 unspecified atom stereocenters. The van der Waals surface area contributed by atoms with Crippen LogP contribution in [0.5, 0.6) is 0 Å². The van der Waals surface area contributed by atoms with Gasteiger partial charge >= 0.3 is 0 Å². The molecule has 0 saturated carbocycles. The lowest BCUT2D eigenvalue weighted by Crippen LogP contribution is -2.16. The zero-order valence-corrected chi connectivity index (χ0v) is 20.6. The molecule has 0 aliphatic heterocycles. The Labute approximate surface area is 207 Å². The molecule has 0 fully saturated rings. The molecule has 0 aliphatic rings. The van der Waals surface area contributed by atoms with Gasteiger partial charge in [0.2, 0.25) is 0 Å².